The summed E-state index contributed by atoms with van der Waals surface area (Å²) >= 11 is 3.15. The fraction of sp³-hybridized carbons (Fsp3) is 0.158. The van der Waals surface area contributed by atoms with Crippen LogP contribution in [0.5, 0.6) is 0 Å². The van der Waals surface area contributed by atoms with Crippen LogP contribution < -0.4 is 0 Å². The van der Waals surface area contributed by atoms with E-state index in [9.17, 15) is 4.79 Å². The third kappa shape index (κ3) is 3.27. The minimum absolute atomic E-state index is 0.154. The minimum Gasteiger partial charge on any atom is -0.462 e. The van der Waals surface area contributed by atoms with Crippen molar-refractivity contribution >= 4 is 39.8 Å². The number of hydrogen-bond donors (Lipinski definition) is 1. The highest BCUT2D eigenvalue weighted by Gasteiger charge is 2.16. The maximum atomic E-state index is 12.6. The summed E-state index contributed by atoms with van der Waals surface area (Å²) in [6.07, 6.45) is 1.65. The lowest BCUT2D eigenvalue weighted by atomic mass is 10.1. The van der Waals surface area contributed by atoms with E-state index in [-0.39, 0.29) is 5.78 Å². The van der Waals surface area contributed by atoms with Crippen LogP contribution >= 0.6 is 23.1 Å². The Morgan fingerprint density at radius 1 is 1.28 bits per heavy atom. The zero-order valence-electron chi connectivity index (χ0n) is 13.6. The molecule has 0 fully saturated rings. The van der Waals surface area contributed by atoms with Gasteiger partial charge in [-0.15, -0.1) is 23.1 Å². The largest absolute Gasteiger partial charge is 0.462 e. The molecule has 4 aromatic rings. The highest BCUT2D eigenvalue weighted by molar-refractivity contribution is 7.99. The SMILES string of the molecule is Cc1[nH]c2ccccc2c1C(=O)CSCc1csc(-c2ccco2)n1. The third-order valence-electron chi connectivity index (χ3n) is 3.94. The number of thioether (sulfide) groups is 1. The van der Waals surface area contributed by atoms with Crippen LogP contribution in [0.25, 0.3) is 21.7 Å². The van der Waals surface area contributed by atoms with Crippen molar-refractivity contribution < 1.29 is 9.21 Å². The number of H-pyrrole nitrogens is 1. The second kappa shape index (κ2) is 6.90. The number of ketones is 1. The predicted molar refractivity (Wildman–Crippen MR) is 103 cm³/mol. The molecule has 25 heavy (non-hydrogen) atoms. The minimum atomic E-state index is 0.154. The molecule has 4 nitrogen and oxygen atoms in total. The van der Waals surface area contributed by atoms with Crippen LogP contribution in [0, 0.1) is 6.92 Å². The lowest BCUT2D eigenvalue weighted by Crippen LogP contribution is -2.04. The number of Topliss-reactive ketones (excluding diaryl/α,β-unsaturated/α-hetero) is 1. The lowest BCUT2D eigenvalue weighted by molar-refractivity contribution is 0.102. The summed E-state index contributed by atoms with van der Waals surface area (Å²) in [7, 11) is 0. The highest BCUT2D eigenvalue weighted by Crippen LogP contribution is 2.27. The average Bonchev–Trinajstić information content (AvgIpc) is 3.33. The van der Waals surface area contributed by atoms with Crippen molar-refractivity contribution in [2.45, 2.75) is 12.7 Å². The molecule has 126 valence electrons. The van der Waals surface area contributed by atoms with Gasteiger partial charge in [0.2, 0.25) is 0 Å². The molecule has 0 aliphatic carbocycles. The van der Waals surface area contributed by atoms with Crippen LogP contribution in [0.3, 0.4) is 0 Å². The van der Waals surface area contributed by atoms with Gasteiger partial charge in [-0.1, -0.05) is 18.2 Å². The van der Waals surface area contributed by atoms with E-state index in [0.29, 0.717) is 11.5 Å². The van der Waals surface area contributed by atoms with Gasteiger partial charge in [0.25, 0.3) is 0 Å². The van der Waals surface area contributed by atoms with E-state index >= 15 is 0 Å². The Morgan fingerprint density at radius 3 is 3.00 bits per heavy atom. The molecule has 4 rings (SSSR count). The molecule has 0 spiro atoms. The molecule has 0 aliphatic heterocycles. The van der Waals surface area contributed by atoms with Gasteiger partial charge in [-0.25, -0.2) is 4.98 Å². The molecule has 1 N–H and O–H groups in total. The van der Waals surface area contributed by atoms with Gasteiger partial charge >= 0.3 is 0 Å². The summed E-state index contributed by atoms with van der Waals surface area (Å²) in [5.74, 6) is 2.09. The molecule has 0 amide bonds. The standard InChI is InChI=1S/C19H16N2O2S2/c1-12-18(14-5-2-3-6-15(14)20-12)16(22)11-24-9-13-10-25-19(21-13)17-7-4-8-23-17/h2-8,10,20H,9,11H2,1H3. The van der Waals surface area contributed by atoms with Crippen LogP contribution in [-0.2, 0) is 5.75 Å². The predicted octanol–water partition coefficient (Wildman–Crippen LogP) is 5.31. The topological polar surface area (TPSA) is 58.9 Å². The fourth-order valence-electron chi connectivity index (χ4n) is 2.84. The average molecular weight is 368 g/mol. The molecule has 0 atom stereocenters. The smallest absolute Gasteiger partial charge is 0.175 e. The van der Waals surface area contributed by atoms with Crippen molar-refractivity contribution in [2.75, 3.05) is 5.75 Å². The van der Waals surface area contributed by atoms with Crippen molar-refractivity contribution in [3.8, 4) is 10.8 Å². The molecule has 3 aromatic heterocycles. The van der Waals surface area contributed by atoms with E-state index in [1.165, 1.54) is 0 Å². The molecule has 0 saturated carbocycles. The molecular formula is C19H16N2O2S2. The maximum Gasteiger partial charge on any atom is 0.175 e. The first-order chi connectivity index (χ1) is 12.2. The van der Waals surface area contributed by atoms with Crippen LogP contribution in [0.15, 0.2) is 52.5 Å². The number of fused-ring (bicyclic) bond motifs is 1. The number of carbonyl (C=O) groups excluding carboxylic acids is 1. The van der Waals surface area contributed by atoms with Crippen molar-refractivity contribution in [1.82, 2.24) is 9.97 Å². The lowest BCUT2D eigenvalue weighted by Gasteiger charge is -2.01. The number of rotatable bonds is 6. The molecule has 6 heteroatoms. The number of aromatic nitrogens is 2. The molecule has 3 heterocycles. The van der Waals surface area contributed by atoms with Gasteiger partial charge in [0.05, 0.1) is 17.7 Å². The molecule has 0 bridgehead atoms. The Kier molecular flexibility index (Phi) is 4.46. The number of thiazole rings is 1. The van der Waals surface area contributed by atoms with E-state index in [1.807, 2.05) is 48.7 Å². The number of furan rings is 1. The summed E-state index contributed by atoms with van der Waals surface area (Å²) in [5.41, 5.74) is 3.72. The van der Waals surface area contributed by atoms with Crippen LogP contribution in [0.2, 0.25) is 0 Å². The number of aromatic amines is 1. The number of benzene rings is 1. The van der Waals surface area contributed by atoms with Gasteiger partial charge in [-0.05, 0) is 25.1 Å². The van der Waals surface area contributed by atoms with Crippen molar-refractivity contribution in [1.29, 1.82) is 0 Å². The maximum absolute atomic E-state index is 12.6. The van der Waals surface area contributed by atoms with E-state index < -0.39 is 0 Å². The second-order valence-corrected chi connectivity index (χ2v) is 7.55. The molecule has 0 aliphatic rings. The van der Waals surface area contributed by atoms with Crippen LogP contribution in [0.1, 0.15) is 21.7 Å². The van der Waals surface area contributed by atoms with Gasteiger partial charge in [-0.3, -0.25) is 4.79 Å². The normalized spacial score (nSPS) is 11.2. The number of nitrogens with zero attached hydrogens (tertiary/aromatic N) is 1. The summed E-state index contributed by atoms with van der Waals surface area (Å²) in [4.78, 5) is 20.5. The Bertz CT molecular complexity index is 1020. The number of hydrogen-bond acceptors (Lipinski definition) is 5. The molecule has 0 radical (unpaired) electrons. The highest BCUT2D eigenvalue weighted by atomic mass is 32.2. The Morgan fingerprint density at radius 2 is 2.16 bits per heavy atom. The van der Waals surface area contributed by atoms with Gasteiger partial charge in [0.15, 0.2) is 16.6 Å². The van der Waals surface area contributed by atoms with E-state index in [0.717, 1.165) is 38.6 Å². The third-order valence-corrected chi connectivity index (χ3v) is 5.81. The Hall–Kier alpha value is -2.31. The van der Waals surface area contributed by atoms with E-state index in [4.69, 9.17) is 4.42 Å². The summed E-state index contributed by atoms with van der Waals surface area (Å²) in [6.45, 7) is 1.95. The van der Waals surface area contributed by atoms with Crippen LogP contribution in [0.4, 0.5) is 0 Å². The second-order valence-electron chi connectivity index (χ2n) is 5.71. The summed E-state index contributed by atoms with van der Waals surface area (Å²) < 4.78 is 5.36. The monoisotopic (exact) mass is 368 g/mol. The zero-order valence-corrected chi connectivity index (χ0v) is 15.2. The summed E-state index contributed by atoms with van der Waals surface area (Å²) in [5, 5.41) is 3.89. The Balaban J connectivity index is 1.41. The quantitative estimate of drug-likeness (QED) is 0.469. The first kappa shape index (κ1) is 16.2. The first-order valence-electron chi connectivity index (χ1n) is 7.89. The number of para-hydroxylation sites is 1. The Labute approximate surface area is 153 Å². The van der Waals surface area contributed by atoms with E-state index in [1.54, 1.807) is 29.4 Å². The van der Waals surface area contributed by atoms with Gasteiger partial charge in [0, 0.05) is 33.3 Å². The van der Waals surface area contributed by atoms with Gasteiger partial charge in [-0.2, -0.15) is 0 Å². The van der Waals surface area contributed by atoms with Gasteiger partial charge in [0.1, 0.15) is 0 Å². The number of nitrogens with one attached hydrogen (secondary N) is 1. The van der Waals surface area contributed by atoms with Crippen molar-refractivity contribution in [3.63, 3.8) is 0 Å². The van der Waals surface area contributed by atoms with Crippen molar-refractivity contribution in [2.24, 2.45) is 0 Å². The molecule has 0 unspecified atom stereocenters. The molecular weight excluding hydrogens is 352 g/mol. The van der Waals surface area contributed by atoms with Gasteiger partial charge < -0.3 is 9.40 Å². The fourth-order valence-corrected chi connectivity index (χ4v) is 4.52. The molecule has 1 aromatic carbocycles. The zero-order chi connectivity index (χ0) is 17.2. The number of aryl methyl sites for hydroxylation is 1. The van der Waals surface area contributed by atoms with Crippen LogP contribution in [-0.4, -0.2) is 21.5 Å². The number of carbonyl (C=O) groups is 1. The van der Waals surface area contributed by atoms with E-state index in [2.05, 4.69) is 9.97 Å². The first-order valence-corrected chi connectivity index (χ1v) is 9.92. The summed E-state index contributed by atoms with van der Waals surface area (Å²) in [6, 6.07) is 11.7. The molecule has 0 saturated heterocycles. The van der Waals surface area contributed by atoms with Crippen molar-refractivity contribution in [3.05, 3.63) is 65.0 Å².